The molecule has 0 saturated heterocycles. The molecular weight excluding hydrogens is 274 g/mol. The molecule has 0 aliphatic carbocycles. The maximum atomic E-state index is 9.67. The molecule has 0 atom stereocenters. The number of halogens is 1. The van der Waals surface area contributed by atoms with Crippen LogP contribution in [-0.4, -0.2) is 12.2 Å². The molecule has 0 saturated carbocycles. The average molecular weight is 292 g/mol. The fraction of sp³-hybridized carbons (Fsp3) is 0.250. The molecule has 4 heteroatoms. The van der Waals surface area contributed by atoms with Crippen molar-refractivity contribution < 1.29 is 9.84 Å². The number of hydrogen-bond donors (Lipinski definition) is 2. The van der Waals surface area contributed by atoms with Crippen LogP contribution in [0.4, 0.5) is 5.69 Å². The number of hydrogen-bond acceptors (Lipinski definition) is 3. The largest absolute Gasteiger partial charge is 0.508 e. The quantitative estimate of drug-likeness (QED) is 0.826. The lowest BCUT2D eigenvalue weighted by Crippen LogP contribution is -2.04. The van der Waals surface area contributed by atoms with E-state index in [4.69, 9.17) is 16.3 Å². The molecular formula is C16H18ClNO2. The lowest BCUT2D eigenvalue weighted by Gasteiger charge is -2.14. The van der Waals surface area contributed by atoms with Gasteiger partial charge in [-0.25, -0.2) is 0 Å². The third-order valence-electron chi connectivity index (χ3n) is 3.29. The Bertz CT molecular complexity index is 626. The van der Waals surface area contributed by atoms with Crippen molar-refractivity contribution in [1.82, 2.24) is 0 Å². The van der Waals surface area contributed by atoms with Gasteiger partial charge in [-0.05, 0) is 49.2 Å². The second-order valence-electron chi connectivity index (χ2n) is 4.73. The molecule has 0 heterocycles. The van der Waals surface area contributed by atoms with Crippen molar-refractivity contribution in [3.63, 3.8) is 0 Å². The van der Waals surface area contributed by atoms with E-state index in [-0.39, 0.29) is 0 Å². The molecule has 0 aliphatic heterocycles. The molecule has 106 valence electrons. The summed E-state index contributed by atoms with van der Waals surface area (Å²) in [4.78, 5) is 0. The summed E-state index contributed by atoms with van der Waals surface area (Å²) in [5.74, 6) is 1.07. The number of aromatic hydroxyl groups is 1. The van der Waals surface area contributed by atoms with E-state index in [1.54, 1.807) is 13.2 Å². The summed E-state index contributed by atoms with van der Waals surface area (Å²) in [6, 6.07) is 9.27. The van der Waals surface area contributed by atoms with Gasteiger partial charge in [0.25, 0.3) is 0 Å². The van der Waals surface area contributed by atoms with Crippen molar-refractivity contribution in [2.75, 3.05) is 12.4 Å². The number of methoxy groups -OCH3 is 1. The van der Waals surface area contributed by atoms with Crippen LogP contribution in [0, 0.1) is 13.8 Å². The molecule has 0 radical (unpaired) electrons. The first-order valence-corrected chi connectivity index (χ1v) is 6.76. The summed E-state index contributed by atoms with van der Waals surface area (Å²) in [5, 5.41) is 13.7. The summed E-state index contributed by atoms with van der Waals surface area (Å²) >= 11 is 6.21. The minimum atomic E-state index is 0.309. The smallest absolute Gasteiger partial charge is 0.125 e. The number of rotatable bonds is 4. The van der Waals surface area contributed by atoms with E-state index in [0.717, 1.165) is 28.1 Å². The molecule has 0 aromatic heterocycles. The molecule has 0 aliphatic rings. The summed E-state index contributed by atoms with van der Waals surface area (Å²) in [7, 11) is 1.63. The predicted molar refractivity (Wildman–Crippen MR) is 82.9 cm³/mol. The first-order valence-electron chi connectivity index (χ1n) is 6.38. The van der Waals surface area contributed by atoms with E-state index >= 15 is 0 Å². The van der Waals surface area contributed by atoms with Crippen molar-refractivity contribution in [2.45, 2.75) is 20.4 Å². The van der Waals surface area contributed by atoms with E-state index in [2.05, 4.69) is 5.32 Å². The van der Waals surface area contributed by atoms with Crippen LogP contribution >= 0.6 is 11.6 Å². The fourth-order valence-corrected chi connectivity index (χ4v) is 2.31. The Kier molecular flexibility index (Phi) is 4.40. The molecule has 0 unspecified atom stereocenters. The second kappa shape index (κ2) is 6.06. The van der Waals surface area contributed by atoms with Gasteiger partial charge in [0.2, 0.25) is 0 Å². The van der Waals surface area contributed by atoms with Gasteiger partial charge >= 0.3 is 0 Å². The summed E-state index contributed by atoms with van der Waals surface area (Å²) < 4.78 is 5.32. The Morgan fingerprint density at radius 3 is 2.65 bits per heavy atom. The third kappa shape index (κ3) is 2.99. The Hall–Kier alpha value is -1.87. The van der Waals surface area contributed by atoms with Crippen LogP contribution in [-0.2, 0) is 6.54 Å². The number of nitrogens with one attached hydrogen (secondary N) is 1. The number of benzene rings is 2. The lowest BCUT2D eigenvalue weighted by atomic mass is 10.1. The predicted octanol–water partition coefficient (Wildman–Crippen LogP) is 4.28. The lowest BCUT2D eigenvalue weighted by molar-refractivity contribution is 0.410. The maximum Gasteiger partial charge on any atom is 0.125 e. The zero-order chi connectivity index (χ0) is 14.7. The Balaban J connectivity index is 2.23. The number of aryl methyl sites for hydroxylation is 2. The van der Waals surface area contributed by atoms with Gasteiger partial charge in [-0.1, -0.05) is 17.7 Å². The highest BCUT2D eigenvalue weighted by Gasteiger charge is 2.09. The highest BCUT2D eigenvalue weighted by Crippen LogP contribution is 2.29. The van der Waals surface area contributed by atoms with Gasteiger partial charge < -0.3 is 15.2 Å². The zero-order valence-corrected chi connectivity index (χ0v) is 12.6. The Labute approximate surface area is 124 Å². The Morgan fingerprint density at radius 1 is 1.20 bits per heavy atom. The van der Waals surface area contributed by atoms with Crippen molar-refractivity contribution in [2.24, 2.45) is 0 Å². The fourth-order valence-electron chi connectivity index (χ4n) is 2.08. The molecule has 0 amide bonds. The SMILES string of the molecule is COc1cccc(Cl)c1CNc1cc(C)c(O)cc1C. The highest BCUT2D eigenvalue weighted by molar-refractivity contribution is 6.31. The second-order valence-corrected chi connectivity index (χ2v) is 5.14. The van der Waals surface area contributed by atoms with Crippen LogP contribution in [0.3, 0.4) is 0 Å². The molecule has 2 aromatic rings. The third-order valence-corrected chi connectivity index (χ3v) is 3.65. The van der Waals surface area contributed by atoms with Crippen molar-refractivity contribution in [3.8, 4) is 11.5 Å². The van der Waals surface area contributed by atoms with Crippen molar-refractivity contribution >= 4 is 17.3 Å². The average Bonchev–Trinajstić information content (AvgIpc) is 2.42. The first kappa shape index (κ1) is 14.5. The molecule has 20 heavy (non-hydrogen) atoms. The molecule has 2 rings (SSSR count). The number of phenolic OH excluding ortho intramolecular Hbond substituents is 1. The molecule has 0 spiro atoms. The van der Waals surface area contributed by atoms with Crippen LogP contribution in [0.25, 0.3) is 0 Å². The van der Waals surface area contributed by atoms with Crippen LogP contribution in [0.5, 0.6) is 11.5 Å². The maximum absolute atomic E-state index is 9.67. The molecule has 2 N–H and O–H groups in total. The van der Waals surface area contributed by atoms with Gasteiger partial charge in [-0.2, -0.15) is 0 Å². The van der Waals surface area contributed by atoms with E-state index < -0.39 is 0 Å². The highest BCUT2D eigenvalue weighted by atomic mass is 35.5. The summed E-state index contributed by atoms with van der Waals surface area (Å²) in [5.41, 5.74) is 3.72. The van der Waals surface area contributed by atoms with Crippen molar-refractivity contribution in [1.29, 1.82) is 0 Å². The van der Waals surface area contributed by atoms with E-state index in [1.165, 1.54) is 0 Å². The minimum absolute atomic E-state index is 0.309. The van der Waals surface area contributed by atoms with Gasteiger partial charge in [-0.15, -0.1) is 0 Å². The first-order chi connectivity index (χ1) is 9.52. The van der Waals surface area contributed by atoms with Crippen LogP contribution < -0.4 is 10.1 Å². The molecule has 0 bridgehead atoms. The number of ether oxygens (including phenoxy) is 1. The van der Waals surface area contributed by atoms with E-state index in [0.29, 0.717) is 17.3 Å². The Morgan fingerprint density at radius 2 is 1.95 bits per heavy atom. The number of anilines is 1. The van der Waals surface area contributed by atoms with Crippen LogP contribution in [0.2, 0.25) is 5.02 Å². The normalized spacial score (nSPS) is 10.4. The van der Waals surface area contributed by atoms with Crippen LogP contribution in [0.15, 0.2) is 30.3 Å². The van der Waals surface area contributed by atoms with Gasteiger partial charge in [0.15, 0.2) is 0 Å². The van der Waals surface area contributed by atoms with Crippen LogP contribution in [0.1, 0.15) is 16.7 Å². The van der Waals surface area contributed by atoms with E-state index in [9.17, 15) is 5.11 Å². The van der Waals surface area contributed by atoms with Gasteiger partial charge in [0.1, 0.15) is 11.5 Å². The topological polar surface area (TPSA) is 41.5 Å². The molecule has 0 fully saturated rings. The number of phenols is 1. The van der Waals surface area contributed by atoms with E-state index in [1.807, 2.05) is 38.1 Å². The summed E-state index contributed by atoms with van der Waals surface area (Å²) in [6.07, 6.45) is 0. The van der Waals surface area contributed by atoms with Gasteiger partial charge in [0.05, 0.1) is 7.11 Å². The monoisotopic (exact) mass is 291 g/mol. The van der Waals surface area contributed by atoms with Gasteiger partial charge in [0, 0.05) is 22.8 Å². The van der Waals surface area contributed by atoms with Gasteiger partial charge in [-0.3, -0.25) is 0 Å². The zero-order valence-electron chi connectivity index (χ0n) is 11.8. The molecule has 2 aromatic carbocycles. The summed E-state index contributed by atoms with van der Waals surface area (Å²) in [6.45, 7) is 4.38. The molecule has 3 nitrogen and oxygen atoms in total. The standard InChI is InChI=1S/C16H18ClNO2/c1-10-8-15(19)11(2)7-14(10)18-9-12-13(17)5-4-6-16(12)20-3/h4-8,18-19H,9H2,1-3H3. The minimum Gasteiger partial charge on any atom is -0.508 e. The van der Waals surface area contributed by atoms with Crippen molar-refractivity contribution in [3.05, 3.63) is 52.0 Å².